The van der Waals surface area contributed by atoms with E-state index in [1.165, 1.54) is 0 Å². The number of nitrogens with two attached hydrogens (primary N) is 1. The van der Waals surface area contributed by atoms with Gasteiger partial charge in [-0.2, -0.15) is 0 Å². The number of aromatic nitrogens is 1. The van der Waals surface area contributed by atoms with Crippen LogP contribution in [0.2, 0.25) is 0 Å². The zero-order valence-electron chi connectivity index (χ0n) is 8.08. The van der Waals surface area contributed by atoms with Gasteiger partial charge in [-0.1, -0.05) is 0 Å². The highest BCUT2D eigenvalue weighted by atomic mass is 35.5. The summed E-state index contributed by atoms with van der Waals surface area (Å²) in [5, 5.41) is 8.56. The minimum atomic E-state index is -2.73. The lowest BCUT2D eigenvalue weighted by Crippen LogP contribution is -2.10. The molecule has 1 rings (SSSR count). The smallest absolute Gasteiger partial charge is 0.309 e. The van der Waals surface area contributed by atoms with Crippen molar-refractivity contribution < 1.29 is 18.7 Å². The summed E-state index contributed by atoms with van der Waals surface area (Å²) < 4.78 is 25.0. The third-order valence-corrected chi connectivity index (χ3v) is 2.30. The molecule has 1 aromatic rings. The number of pyridine rings is 1. The van der Waals surface area contributed by atoms with Crippen molar-refractivity contribution >= 4 is 23.3 Å². The number of hydrogen-bond acceptors (Lipinski definition) is 3. The Bertz CT molecular complexity index is 413. The maximum atomic E-state index is 12.5. The fraction of sp³-hybridized carbons (Fsp3) is 0.333. The van der Waals surface area contributed by atoms with E-state index in [9.17, 15) is 13.6 Å². The van der Waals surface area contributed by atoms with E-state index in [1.807, 2.05) is 0 Å². The number of carboxylic acid groups (broad SMARTS) is 1. The standard InChI is InChI=1S/C9H9ClF2N2O2/c10-2-4-5(9(11)12)3-14-6(8(4)13)1-7(15)16/h3,9H,1-2,13H2,(H,15,16). The van der Waals surface area contributed by atoms with Crippen molar-refractivity contribution in [3.8, 4) is 0 Å². The molecule has 0 aliphatic heterocycles. The third-order valence-electron chi connectivity index (χ3n) is 2.03. The summed E-state index contributed by atoms with van der Waals surface area (Å²) in [5.41, 5.74) is 5.20. The van der Waals surface area contributed by atoms with Crippen LogP contribution < -0.4 is 5.73 Å². The lowest BCUT2D eigenvalue weighted by Gasteiger charge is -2.11. The molecule has 16 heavy (non-hydrogen) atoms. The van der Waals surface area contributed by atoms with Gasteiger partial charge in [-0.15, -0.1) is 11.6 Å². The van der Waals surface area contributed by atoms with Crippen LogP contribution in [0.15, 0.2) is 6.20 Å². The molecular weight excluding hydrogens is 242 g/mol. The molecule has 0 amide bonds. The number of hydrogen-bond donors (Lipinski definition) is 2. The first-order valence-corrected chi connectivity index (χ1v) is 4.82. The molecule has 0 saturated carbocycles. The average Bonchev–Trinajstić information content (AvgIpc) is 2.19. The van der Waals surface area contributed by atoms with E-state index >= 15 is 0 Å². The third kappa shape index (κ3) is 2.57. The van der Waals surface area contributed by atoms with E-state index in [4.69, 9.17) is 22.4 Å². The fourth-order valence-electron chi connectivity index (χ4n) is 1.25. The number of carbonyl (C=O) groups is 1. The first-order chi connectivity index (χ1) is 7.47. The molecule has 88 valence electrons. The molecule has 0 spiro atoms. The summed E-state index contributed by atoms with van der Waals surface area (Å²) in [4.78, 5) is 14.1. The molecule has 4 nitrogen and oxygen atoms in total. The van der Waals surface area contributed by atoms with Gasteiger partial charge in [-0.3, -0.25) is 9.78 Å². The van der Waals surface area contributed by atoms with Crippen molar-refractivity contribution in [3.63, 3.8) is 0 Å². The van der Waals surface area contributed by atoms with E-state index in [0.29, 0.717) is 0 Å². The zero-order chi connectivity index (χ0) is 12.3. The first kappa shape index (κ1) is 12.6. The second-order valence-electron chi connectivity index (χ2n) is 3.06. The van der Waals surface area contributed by atoms with Gasteiger partial charge < -0.3 is 10.8 Å². The van der Waals surface area contributed by atoms with Crippen molar-refractivity contribution in [1.82, 2.24) is 4.98 Å². The molecule has 0 atom stereocenters. The van der Waals surface area contributed by atoms with Crippen molar-refractivity contribution in [2.45, 2.75) is 18.7 Å². The highest BCUT2D eigenvalue weighted by Crippen LogP contribution is 2.29. The SMILES string of the molecule is Nc1c(CC(=O)O)ncc(C(F)F)c1CCl. The molecule has 1 aromatic heterocycles. The van der Waals surface area contributed by atoms with Gasteiger partial charge in [0.25, 0.3) is 6.43 Å². The predicted octanol–water partition coefficient (Wildman–Crippen LogP) is 1.97. The average molecular weight is 251 g/mol. The number of carboxylic acids is 1. The number of anilines is 1. The molecule has 0 bridgehead atoms. The van der Waals surface area contributed by atoms with Crippen molar-refractivity contribution in [2.75, 3.05) is 5.73 Å². The number of alkyl halides is 3. The number of nitrogen functional groups attached to an aromatic ring is 1. The normalized spacial score (nSPS) is 10.8. The molecule has 3 N–H and O–H groups in total. The summed E-state index contributed by atoms with van der Waals surface area (Å²) in [7, 11) is 0. The number of rotatable bonds is 4. The Morgan fingerprint density at radius 2 is 2.25 bits per heavy atom. The van der Waals surface area contributed by atoms with Crippen LogP contribution in [0.5, 0.6) is 0 Å². The van der Waals surface area contributed by atoms with Gasteiger partial charge in [0.2, 0.25) is 0 Å². The van der Waals surface area contributed by atoms with Crippen molar-refractivity contribution in [2.24, 2.45) is 0 Å². The highest BCUT2D eigenvalue weighted by molar-refractivity contribution is 6.17. The molecule has 0 aliphatic carbocycles. The Balaban J connectivity index is 3.23. The Labute approximate surface area is 95.0 Å². The zero-order valence-corrected chi connectivity index (χ0v) is 8.84. The molecular formula is C9H9ClF2N2O2. The van der Waals surface area contributed by atoms with E-state index in [2.05, 4.69) is 4.98 Å². The van der Waals surface area contributed by atoms with E-state index in [-0.39, 0.29) is 28.4 Å². The topological polar surface area (TPSA) is 76.2 Å². The summed E-state index contributed by atoms with van der Waals surface area (Å²) in [5.74, 6) is -1.34. The minimum absolute atomic E-state index is 0.0444. The fourth-order valence-corrected chi connectivity index (χ4v) is 1.54. The largest absolute Gasteiger partial charge is 0.481 e. The molecule has 0 unspecified atom stereocenters. The van der Waals surface area contributed by atoms with Crippen molar-refractivity contribution in [3.05, 3.63) is 23.0 Å². The lowest BCUT2D eigenvalue weighted by molar-refractivity contribution is -0.136. The summed E-state index contributed by atoms with van der Waals surface area (Å²) in [6.45, 7) is 0. The molecule has 0 aromatic carbocycles. The first-order valence-electron chi connectivity index (χ1n) is 4.29. The van der Waals surface area contributed by atoms with Crippen LogP contribution in [0.1, 0.15) is 23.2 Å². The van der Waals surface area contributed by atoms with Crippen LogP contribution in [0.25, 0.3) is 0 Å². The quantitative estimate of drug-likeness (QED) is 0.801. The Hall–Kier alpha value is -1.43. The lowest BCUT2D eigenvalue weighted by atomic mass is 10.1. The monoisotopic (exact) mass is 250 g/mol. The van der Waals surface area contributed by atoms with Gasteiger partial charge in [-0.05, 0) is 0 Å². The van der Waals surface area contributed by atoms with Crippen LogP contribution in [-0.2, 0) is 17.1 Å². The molecule has 7 heteroatoms. The molecule has 0 fully saturated rings. The van der Waals surface area contributed by atoms with Gasteiger partial charge in [0.1, 0.15) is 0 Å². The maximum absolute atomic E-state index is 12.5. The van der Waals surface area contributed by atoms with E-state index < -0.39 is 18.8 Å². The summed E-state index contributed by atoms with van der Waals surface area (Å²) >= 11 is 5.50. The summed E-state index contributed by atoms with van der Waals surface area (Å²) in [6, 6.07) is 0. The second-order valence-corrected chi connectivity index (χ2v) is 3.32. The molecule has 0 aliphatic rings. The Kier molecular flexibility index (Phi) is 4.00. The van der Waals surface area contributed by atoms with Gasteiger partial charge in [0.15, 0.2) is 0 Å². The van der Waals surface area contributed by atoms with Crippen LogP contribution >= 0.6 is 11.6 Å². The van der Waals surface area contributed by atoms with Gasteiger partial charge in [0, 0.05) is 17.3 Å². The van der Waals surface area contributed by atoms with E-state index in [0.717, 1.165) is 6.20 Å². The van der Waals surface area contributed by atoms with Gasteiger partial charge in [0.05, 0.1) is 23.7 Å². The van der Waals surface area contributed by atoms with E-state index in [1.54, 1.807) is 0 Å². The van der Waals surface area contributed by atoms with Gasteiger partial charge >= 0.3 is 5.97 Å². The van der Waals surface area contributed by atoms with Crippen molar-refractivity contribution in [1.29, 1.82) is 0 Å². The molecule has 1 heterocycles. The van der Waals surface area contributed by atoms with Crippen LogP contribution in [0.4, 0.5) is 14.5 Å². The Morgan fingerprint density at radius 3 is 2.69 bits per heavy atom. The minimum Gasteiger partial charge on any atom is -0.481 e. The number of aliphatic carboxylic acids is 1. The maximum Gasteiger partial charge on any atom is 0.309 e. The molecule has 0 saturated heterocycles. The van der Waals surface area contributed by atoms with Gasteiger partial charge in [-0.25, -0.2) is 8.78 Å². The predicted molar refractivity (Wildman–Crippen MR) is 54.5 cm³/mol. The van der Waals surface area contributed by atoms with Crippen LogP contribution in [0, 0.1) is 0 Å². The number of halogens is 3. The Morgan fingerprint density at radius 1 is 1.62 bits per heavy atom. The summed E-state index contributed by atoms with van der Waals surface area (Å²) in [6.07, 6.45) is -2.24. The molecule has 0 radical (unpaired) electrons. The number of nitrogens with zero attached hydrogens (tertiary/aromatic N) is 1. The van der Waals surface area contributed by atoms with Crippen LogP contribution in [-0.4, -0.2) is 16.1 Å². The second kappa shape index (κ2) is 5.07. The van der Waals surface area contributed by atoms with Crippen LogP contribution in [0.3, 0.4) is 0 Å². The highest BCUT2D eigenvalue weighted by Gasteiger charge is 2.19.